The molecule has 2 saturated heterocycles. The molecule has 3 heterocycles. The Morgan fingerprint density at radius 1 is 1.31 bits per heavy atom. The summed E-state index contributed by atoms with van der Waals surface area (Å²) in [6.45, 7) is 4.01. The van der Waals surface area contributed by atoms with Crippen molar-refractivity contribution in [3.8, 4) is 0 Å². The first-order chi connectivity index (χ1) is 12.6. The van der Waals surface area contributed by atoms with Gasteiger partial charge in [0.15, 0.2) is 5.17 Å². The molecule has 0 radical (unpaired) electrons. The average molecular weight is 432 g/mol. The van der Waals surface area contributed by atoms with Gasteiger partial charge in [0, 0.05) is 25.2 Å². The zero-order valence-electron chi connectivity index (χ0n) is 14.3. The van der Waals surface area contributed by atoms with Gasteiger partial charge in [0.25, 0.3) is 5.91 Å². The Morgan fingerprint density at radius 3 is 2.85 bits per heavy atom. The van der Waals surface area contributed by atoms with Crippen LogP contribution in [0.1, 0.15) is 24.2 Å². The lowest BCUT2D eigenvalue weighted by Crippen LogP contribution is -2.19. The van der Waals surface area contributed by atoms with E-state index in [0.717, 1.165) is 34.7 Å². The molecular formula is C19H18BrN3O2S. The van der Waals surface area contributed by atoms with Crippen molar-refractivity contribution in [2.45, 2.75) is 19.8 Å². The minimum Gasteiger partial charge on any atom is -0.440 e. The Balaban J connectivity index is 1.56. The van der Waals surface area contributed by atoms with Gasteiger partial charge in [-0.15, -0.1) is 0 Å². The van der Waals surface area contributed by atoms with Crippen LogP contribution in [0, 0.1) is 6.92 Å². The molecule has 1 amide bonds. The summed E-state index contributed by atoms with van der Waals surface area (Å²) in [6.07, 6.45) is 4.13. The van der Waals surface area contributed by atoms with E-state index < -0.39 is 0 Å². The molecule has 2 aliphatic heterocycles. The number of amides is 1. The average Bonchev–Trinajstić information content (AvgIpc) is 3.32. The van der Waals surface area contributed by atoms with Crippen molar-refractivity contribution in [3.63, 3.8) is 0 Å². The molecular weight excluding hydrogens is 414 g/mol. The number of anilines is 1. The van der Waals surface area contributed by atoms with Crippen molar-refractivity contribution in [3.05, 3.63) is 51.0 Å². The summed E-state index contributed by atoms with van der Waals surface area (Å²) >= 11 is 4.89. The van der Waals surface area contributed by atoms with Gasteiger partial charge in [0.2, 0.25) is 5.88 Å². The quantitative estimate of drug-likeness (QED) is 0.706. The molecule has 1 N–H and O–H groups in total. The van der Waals surface area contributed by atoms with Gasteiger partial charge in [0.05, 0.1) is 15.1 Å². The summed E-state index contributed by atoms with van der Waals surface area (Å²) in [7, 11) is 0. The van der Waals surface area contributed by atoms with Crippen LogP contribution in [0.2, 0.25) is 0 Å². The molecule has 134 valence electrons. The number of benzene rings is 1. The predicted molar refractivity (Wildman–Crippen MR) is 110 cm³/mol. The van der Waals surface area contributed by atoms with Crippen LogP contribution in [0.5, 0.6) is 0 Å². The van der Waals surface area contributed by atoms with E-state index in [1.54, 1.807) is 6.08 Å². The van der Waals surface area contributed by atoms with Gasteiger partial charge >= 0.3 is 0 Å². The normalized spacial score (nSPS) is 20.4. The smallest absolute Gasteiger partial charge is 0.264 e. The first-order valence-electron chi connectivity index (χ1n) is 8.49. The number of nitrogens with one attached hydrogen (secondary N) is 1. The molecule has 1 aromatic heterocycles. The maximum absolute atomic E-state index is 12.3. The minimum atomic E-state index is -0.155. The van der Waals surface area contributed by atoms with Crippen LogP contribution in [0.15, 0.2) is 49.1 Å². The van der Waals surface area contributed by atoms with Gasteiger partial charge in [-0.2, -0.15) is 0 Å². The third kappa shape index (κ3) is 3.59. The standard InChI is InChI=1S/C19H18BrN3O2S/c1-12-6-2-3-7-15(12)21-19-22-17(24)16(26-19)11-13-10-14(20)18(25-13)23-8-4-5-9-23/h2-3,6-7,10-11H,4-5,8-9H2,1H3,(H,21,22,24)/b16-11-. The van der Waals surface area contributed by atoms with Gasteiger partial charge in [-0.25, -0.2) is 4.99 Å². The van der Waals surface area contributed by atoms with Crippen molar-refractivity contribution in [2.75, 3.05) is 18.0 Å². The molecule has 2 aromatic rings. The van der Waals surface area contributed by atoms with E-state index in [4.69, 9.17) is 4.42 Å². The molecule has 1 aromatic carbocycles. The summed E-state index contributed by atoms with van der Waals surface area (Å²) < 4.78 is 6.87. The lowest BCUT2D eigenvalue weighted by molar-refractivity contribution is -0.115. The molecule has 5 nitrogen and oxygen atoms in total. The van der Waals surface area contributed by atoms with E-state index in [1.807, 2.05) is 37.3 Å². The number of amidine groups is 1. The number of nitrogens with zero attached hydrogens (tertiary/aromatic N) is 2. The minimum absolute atomic E-state index is 0.155. The Kier molecular flexibility index (Phi) is 4.91. The number of furan rings is 1. The summed E-state index contributed by atoms with van der Waals surface area (Å²) in [6, 6.07) is 9.74. The second-order valence-corrected chi connectivity index (χ2v) is 8.15. The highest BCUT2D eigenvalue weighted by Gasteiger charge is 2.25. The van der Waals surface area contributed by atoms with Crippen molar-refractivity contribution in [1.29, 1.82) is 0 Å². The lowest BCUT2D eigenvalue weighted by Gasteiger charge is -2.13. The second-order valence-electron chi connectivity index (χ2n) is 6.26. The van der Waals surface area contributed by atoms with Crippen LogP contribution in [0.4, 0.5) is 11.6 Å². The third-order valence-electron chi connectivity index (χ3n) is 4.34. The summed E-state index contributed by atoms with van der Waals surface area (Å²) in [5, 5.41) is 3.40. The molecule has 2 fully saturated rings. The Hall–Kier alpha value is -1.99. The van der Waals surface area contributed by atoms with Crippen molar-refractivity contribution >= 4 is 56.4 Å². The maximum atomic E-state index is 12.3. The first-order valence-corrected chi connectivity index (χ1v) is 10.1. The lowest BCUT2D eigenvalue weighted by atomic mass is 10.2. The molecule has 0 aliphatic carbocycles. The molecule has 4 rings (SSSR count). The largest absolute Gasteiger partial charge is 0.440 e. The summed E-state index contributed by atoms with van der Waals surface area (Å²) in [5.41, 5.74) is 1.92. The zero-order chi connectivity index (χ0) is 18.1. The van der Waals surface area contributed by atoms with E-state index in [9.17, 15) is 4.79 Å². The Labute approximate surface area is 164 Å². The van der Waals surface area contributed by atoms with Crippen LogP contribution in [0.3, 0.4) is 0 Å². The van der Waals surface area contributed by atoms with E-state index in [0.29, 0.717) is 15.8 Å². The fourth-order valence-electron chi connectivity index (χ4n) is 2.99. The number of rotatable bonds is 3. The highest BCUT2D eigenvalue weighted by Crippen LogP contribution is 2.35. The molecule has 0 saturated carbocycles. The third-order valence-corrected chi connectivity index (χ3v) is 5.82. The topological polar surface area (TPSA) is 57.8 Å². The SMILES string of the molecule is Cc1ccccc1N=C1NC(=O)/C(=C/c2cc(Br)c(N3CCCC3)o2)S1. The highest BCUT2D eigenvalue weighted by atomic mass is 79.9. The van der Waals surface area contributed by atoms with E-state index in [-0.39, 0.29) is 5.91 Å². The first kappa shape index (κ1) is 17.4. The molecule has 0 spiro atoms. The number of thioether (sulfide) groups is 1. The van der Waals surface area contributed by atoms with Crippen LogP contribution in [0.25, 0.3) is 6.08 Å². The second kappa shape index (κ2) is 7.32. The van der Waals surface area contributed by atoms with Gasteiger partial charge in [-0.05, 0) is 59.1 Å². The zero-order valence-corrected chi connectivity index (χ0v) is 16.7. The Bertz CT molecular complexity index is 913. The fraction of sp³-hybridized carbons (Fsp3) is 0.263. The molecule has 26 heavy (non-hydrogen) atoms. The number of hydrogen-bond acceptors (Lipinski definition) is 5. The van der Waals surface area contributed by atoms with Gasteiger partial charge in [-0.3, -0.25) is 4.79 Å². The van der Waals surface area contributed by atoms with Gasteiger partial charge < -0.3 is 14.6 Å². The highest BCUT2D eigenvalue weighted by molar-refractivity contribution is 9.10. The molecule has 2 aliphatic rings. The number of aryl methyl sites for hydroxylation is 1. The number of hydrogen-bond donors (Lipinski definition) is 1. The number of halogens is 1. The van der Waals surface area contributed by atoms with Crippen LogP contribution in [-0.4, -0.2) is 24.2 Å². The summed E-state index contributed by atoms with van der Waals surface area (Å²) in [4.78, 5) is 19.6. The van der Waals surface area contributed by atoms with E-state index in [1.165, 1.54) is 24.6 Å². The van der Waals surface area contributed by atoms with Crippen molar-refractivity contribution in [2.24, 2.45) is 4.99 Å². The molecule has 0 bridgehead atoms. The van der Waals surface area contributed by atoms with Crippen molar-refractivity contribution < 1.29 is 9.21 Å². The number of aliphatic imine (C=N–C) groups is 1. The number of carbonyl (C=O) groups excluding carboxylic acids is 1. The molecule has 0 atom stereocenters. The van der Waals surface area contributed by atoms with Gasteiger partial charge in [-0.1, -0.05) is 18.2 Å². The number of para-hydroxylation sites is 1. The van der Waals surface area contributed by atoms with E-state index >= 15 is 0 Å². The van der Waals surface area contributed by atoms with E-state index in [2.05, 4.69) is 31.1 Å². The summed E-state index contributed by atoms with van der Waals surface area (Å²) in [5.74, 6) is 1.35. The number of carbonyl (C=O) groups is 1. The van der Waals surface area contributed by atoms with Crippen LogP contribution < -0.4 is 10.2 Å². The monoisotopic (exact) mass is 431 g/mol. The molecule has 0 unspecified atom stereocenters. The van der Waals surface area contributed by atoms with Crippen LogP contribution >= 0.6 is 27.7 Å². The van der Waals surface area contributed by atoms with Gasteiger partial charge in [0.1, 0.15) is 5.76 Å². The predicted octanol–water partition coefficient (Wildman–Crippen LogP) is 4.84. The Morgan fingerprint density at radius 2 is 2.08 bits per heavy atom. The maximum Gasteiger partial charge on any atom is 0.264 e. The van der Waals surface area contributed by atoms with Crippen molar-refractivity contribution in [1.82, 2.24) is 5.32 Å². The fourth-order valence-corrected chi connectivity index (χ4v) is 4.36. The van der Waals surface area contributed by atoms with Crippen LogP contribution in [-0.2, 0) is 4.79 Å². The molecule has 7 heteroatoms.